The molecule has 0 aliphatic rings. The summed E-state index contributed by atoms with van der Waals surface area (Å²) in [5.41, 5.74) is 5.13. The summed E-state index contributed by atoms with van der Waals surface area (Å²) < 4.78 is 10.6. The monoisotopic (exact) mass is 425 g/mol. The number of anilines is 2. The van der Waals surface area contributed by atoms with Crippen LogP contribution >= 0.6 is 11.3 Å². The molecule has 1 amide bonds. The molecule has 3 rings (SSSR count). The molecule has 0 atom stereocenters. The van der Waals surface area contributed by atoms with Gasteiger partial charge in [-0.1, -0.05) is 35.1 Å². The summed E-state index contributed by atoms with van der Waals surface area (Å²) in [6.07, 6.45) is 0.692. The summed E-state index contributed by atoms with van der Waals surface area (Å²) in [5, 5.41) is 7.02. The number of nitrogens with zero attached hydrogens (tertiary/aromatic N) is 1. The maximum absolute atomic E-state index is 12.6. The zero-order valence-electron chi connectivity index (χ0n) is 18.0. The lowest BCUT2D eigenvalue weighted by atomic mass is 10.1. The Kier molecular flexibility index (Phi) is 6.95. The Morgan fingerprint density at radius 3 is 2.50 bits per heavy atom. The number of carbonyl (C=O) groups is 1. The first-order valence-electron chi connectivity index (χ1n) is 9.72. The highest BCUT2D eigenvalue weighted by atomic mass is 32.1. The highest BCUT2D eigenvalue weighted by molar-refractivity contribution is 7.17. The van der Waals surface area contributed by atoms with Gasteiger partial charge in [0.25, 0.3) is 5.91 Å². The molecule has 0 bridgehead atoms. The van der Waals surface area contributed by atoms with E-state index in [2.05, 4.69) is 41.6 Å². The quantitative estimate of drug-likeness (QED) is 0.542. The average molecular weight is 426 g/mol. The lowest BCUT2D eigenvalue weighted by molar-refractivity contribution is 0.0957. The zero-order chi connectivity index (χ0) is 21.7. The Labute approximate surface area is 181 Å². The van der Waals surface area contributed by atoms with E-state index in [0.29, 0.717) is 34.5 Å². The number of thiazole rings is 1. The van der Waals surface area contributed by atoms with E-state index in [9.17, 15) is 4.79 Å². The molecule has 2 N–H and O–H groups in total. The van der Waals surface area contributed by atoms with E-state index in [1.54, 1.807) is 14.2 Å². The lowest BCUT2D eigenvalue weighted by Crippen LogP contribution is -2.25. The third kappa shape index (κ3) is 5.10. The first kappa shape index (κ1) is 21.6. The van der Waals surface area contributed by atoms with Crippen LogP contribution in [0.4, 0.5) is 10.8 Å². The highest BCUT2D eigenvalue weighted by Gasteiger charge is 2.16. The molecule has 0 spiro atoms. The molecule has 1 aromatic heterocycles. The number of benzene rings is 2. The van der Waals surface area contributed by atoms with E-state index in [-0.39, 0.29) is 5.91 Å². The van der Waals surface area contributed by atoms with E-state index in [4.69, 9.17) is 9.47 Å². The Morgan fingerprint density at radius 2 is 1.80 bits per heavy atom. The van der Waals surface area contributed by atoms with Crippen molar-refractivity contribution in [3.05, 3.63) is 63.7 Å². The number of rotatable bonds is 8. The molecule has 30 heavy (non-hydrogen) atoms. The summed E-state index contributed by atoms with van der Waals surface area (Å²) >= 11 is 1.36. The van der Waals surface area contributed by atoms with Crippen LogP contribution in [0.25, 0.3) is 0 Å². The van der Waals surface area contributed by atoms with E-state index in [0.717, 1.165) is 22.5 Å². The second-order valence-corrected chi connectivity index (χ2v) is 8.07. The minimum Gasteiger partial charge on any atom is -0.493 e. The molecule has 0 aliphatic heterocycles. The van der Waals surface area contributed by atoms with E-state index < -0.39 is 0 Å². The topological polar surface area (TPSA) is 72.5 Å². The number of aryl methyl sites for hydroxylation is 3. The number of methoxy groups -OCH3 is 2. The van der Waals surface area contributed by atoms with Gasteiger partial charge in [0.2, 0.25) is 0 Å². The summed E-state index contributed by atoms with van der Waals surface area (Å²) in [6, 6.07) is 12.0. The summed E-state index contributed by atoms with van der Waals surface area (Å²) in [7, 11) is 3.22. The second-order valence-electron chi connectivity index (χ2n) is 7.07. The molecular formula is C23H27N3O3S. The van der Waals surface area contributed by atoms with Crippen molar-refractivity contribution in [1.29, 1.82) is 0 Å². The molecule has 3 aromatic rings. The molecule has 2 aromatic carbocycles. The maximum Gasteiger partial charge on any atom is 0.263 e. The van der Waals surface area contributed by atoms with Gasteiger partial charge in [0.15, 0.2) is 16.6 Å². The third-order valence-corrected chi connectivity index (χ3v) is 5.85. The Hall–Kier alpha value is -3.06. The van der Waals surface area contributed by atoms with Crippen LogP contribution < -0.4 is 20.1 Å². The van der Waals surface area contributed by atoms with Gasteiger partial charge in [0.1, 0.15) is 4.88 Å². The fraction of sp³-hybridized carbons (Fsp3) is 0.304. The molecule has 0 saturated carbocycles. The normalized spacial score (nSPS) is 10.6. The maximum atomic E-state index is 12.6. The molecule has 0 aliphatic carbocycles. The van der Waals surface area contributed by atoms with Crippen molar-refractivity contribution in [3.8, 4) is 11.5 Å². The van der Waals surface area contributed by atoms with Crippen LogP contribution in [0, 0.1) is 20.8 Å². The highest BCUT2D eigenvalue weighted by Crippen LogP contribution is 2.29. The van der Waals surface area contributed by atoms with E-state index >= 15 is 0 Å². The molecule has 0 saturated heterocycles. The standard InChI is InChI=1S/C23H27N3O3S/c1-14-6-8-18(15(2)12-14)26-23-25-16(3)21(30-23)22(27)24-11-10-17-7-9-19(28-4)20(13-17)29-5/h6-9,12-13H,10-11H2,1-5H3,(H,24,27)(H,25,26). The molecule has 0 fully saturated rings. The Bertz CT molecular complexity index is 1050. The fourth-order valence-corrected chi connectivity index (χ4v) is 4.06. The van der Waals surface area contributed by atoms with Gasteiger partial charge in [0.05, 0.1) is 19.9 Å². The predicted octanol–water partition coefficient (Wildman–Crippen LogP) is 4.80. The average Bonchev–Trinajstić information content (AvgIpc) is 3.10. The van der Waals surface area contributed by atoms with Crippen LogP contribution in [0.5, 0.6) is 11.5 Å². The van der Waals surface area contributed by atoms with Gasteiger partial charge in [0, 0.05) is 12.2 Å². The minimum atomic E-state index is -0.112. The fourth-order valence-electron chi connectivity index (χ4n) is 3.17. The predicted molar refractivity (Wildman–Crippen MR) is 122 cm³/mol. The Balaban J connectivity index is 1.61. The molecule has 158 valence electrons. The van der Waals surface area contributed by atoms with Gasteiger partial charge in [-0.3, -0.25) is 4.79 Å². The number of ether oxygens (including phenoxy) is 2. The molecule has 0 unspecified atom stereocenters. The van der Waals surface area contributed by atoms with Crippen molar-refractivity contribution in [2.75, 3.05) is 26.1 Å². The van der Waals surface area contributed by atoms with Crippen LogP contribution in [0.15, 0.2) is 36.4 Å². The second kappa shape index (κ2) is 9.63. The van der Waals surface area contributed by atoms with Gasteiger partial charge in [-0.2, -0.15) is 0 Å². The summed E-state index contributed by atoms with van der Waals surface area (Å²) in [6.45, 7) is 6.49. The number of amides is 1. The summed E-state index contributed by atoms with van der Waals surface area (Å²) in [5.74, 6) is 1.26. The van der Waals surface area contributed by atoms with Crippen LogP contribution in [0.3, 0.4) is 0 Å². The van der Waals surface area contributed by atoms with Crippen LogP contribution in [-0.4, -0.2) is 31.7 Å². The van der Waals surface area contributed by atoms with Crippen molar-refractivity contribution in [3.63, 3.8) is 0 Å². The van der Waals surface area contributed by atoms with Crippen LogP contribution in [0.1, 0.15) is 32.1 Å². The largest absolute Gasteiger partial charge is 0.493 e. The molecular weight excluding hydrogens is 398 g/mol. The third-order valence-electron chi connectivity index (χ3n) is 4.77. The number of hydrogen-bond acceptors (Lipinski definition) is 6. The number of carbonyl (C=O) groups excluding carboxylic acids is 1. The van der Waals surface area contributed by atoms with E-state index in [1.165, 1.54) is 16.9 Å². The molecule has 0 radical (unpaired) electrons. The van der Waals surface area contributed by atoms with Gasteiger partial charge < -0.3 is 20.1 Å². The van der Waals surface area contributed by atoms with E-state index in [1.807, 2.05) is 31.2 Å². The van der Waals surface area contributed by atoms with Gasteiger partial charge in [-0.25, -0.2) is 4.98 Å². The van der Waals surface area contributed by atoms with Gasteiger partial charge >= 0.3 is 0 Å². The molecule has 7 heteroatoms. The first-order valence-corrected chi connectivity index (χ1v) is 10.5. The van der Waals surface area contributed by atoms with Crippen molar-refractivity contribution in [2.45, 2.75) is 27.2 Å². The molecule has 1 heterocycles. The van der Waals surface area contributed by atoms with Gasteiger partial charge in [-0.15, -0.1) is 0 Å². The van der Waals surface area contributed by atoms with Crippen LogP contribution in [0.2, 0.25) is 0 Å². The lowest BCUT2D eigenvalue weighted by Gasteiger charge is -2.10. The van der Waals surface area contributed by atoms with Crippen molar-refractivity contribution in [2.24, 2.45) is 0 Å². The van der Waals surface area contributed by atoms with Crippen molar-refractivity contribution >= 4 is 28.1 Å². The zero-order valence-corrected chi connectivity index (χ0v) is 18.8. The molecule has 6 nitrogen and oxygen atoms in total. The first-order chi connectivity index (χ1) is 14.4. The minimum absolute atomic E-state index is 0.112. The van der Waals surface area contributed by atoms with Crippen molar-refractivity contribution in [1.82, 2.24) is 10.3 Å². The number of nitrogens with one attached hydrogen (secondary N) is 2. The SMILES string of the molecule is COc1ccc(CCNC(=O)c2sc(Nc3ccc(C)cc3C)nc2C)cc1OC. The Morgan fingerprint density at radius 1 is 1.03 bits per heavy atom. The van der Waals surface area contributed by atoms with Gasteiger partial charge in [-0.05, 0) is 56.5 Å². The summed E-state index contributed by atoms with van der Waals surface area (Å²) in [4.78, 5) is 17.8. The van der Waals surface area contributed by atoms with Crippen LogP contribution in [-0.2, 0) is 6.42 Å². The number of hydrogen-bond donors (Lipinski definition) is 2. The number of aromatic nitrogens is 1. The van der Waals surface area contributed by atoms with Crippen molar-refractivity contribution < 1.29 is 14.3 Å². The smallest absolute Gasteiger partial charge is 0.263 e.